The van der Waals surface area contributed by atoms with Crippen LogP contribution >= 0.6 is 11.8 Å². The smallest absolute Gasteiger partial charge is 0.190 e. The third kappa shape index (κ3) is 3.77. The second-order valence-electron chi connectivity index (χ2n) is 4.16. The quantitative estimate of drug-likeness (QED) is 0.690. The van der Waals surface area contributed by atoms with E-state index in [2.05, 4.69) is 22.4 Å². The zero-order valence-electron chi connectivity index (χ0n) is 10.1. The Hall–Kier alpha value is -0.590. The molecule has 0 aliphatic carbocycles. The molecule has 0 radical (unpaired) electrons. The molecule has 5 nitrogen and oxygen atoms in total. The minimum Gasteiger partial charge on any atom is -0.394 e. The second-order valence-corrected chi connectivity index (χ2v) is 5.10. The van der Waals surface area contributed by atoms with Crippen molar-refractivity contribution in [2.24, 2.45) is 7.05 Å². The Morgan fingerprint density at radius 3 is 2.88 bits per heavy atom. The number of aromatic nitrogens is 3. The molecule has 1 aromatic heterocycles. The first-order valence-corrected chi connectivity index (χ1v) is 6.42. The fourth-order valence-corrected chi connectivity index (χ4v) is 2.20. The van der Waals surface area contributed by atoms with Crippen LogP contribution in [0.1, 0.15) is 20.3 Å². The van der Waals surface area contributed by atoms with Gasteiger partial charge >= 0.3 is 0 Å². The van der Waals surface area contributed by atoms with Crippen LogP contribution in [0.4, 0.5) is 0 Å². The highest BCUT2D eigenvalue weighted by molar-refractivity contribution is 7.99. The summed E-state index contributed by atoms with van der Waals surface area (Å²) in [6.07, 6.45) is 2.74. The summed E-state index contributed by atoms with van der Waals surface area (Å²) >= 11 is 1.60. The summed E-state index contributed by atoms with van der Waals surface area (Å²) in [6, 6.07) is 0. The lowest BCUT2D eigenvalue weighted by Crippen LogP contribution is -2.48. The van der Waals surface area contributed by atoms with E-state index >= 15 is 0 Å². The third-order valence-electron chi connectivity index (χ3n) is 2.34. The van der Waals surface area contributed by atoms with Gasteiger partial charge in [0.15, 0.2) is 5.16 Å². The van der Waals surface area contributed by atoms with Gasteiger partial charge < -0.3 is 15.0 Å². The van der Waals surface area contributed by atoms with Crippen molar-refractivity contribution in [1.29, 1.82) is 0 Å². The largest absolute Gasteiger partial charge is 0.394 e. The van der Waals surface area contributed by atoms with E-state index in [1.165, 1.54) is 0 Å². The molecule has 0 aliphatic rings. The SMILES string of the molecule is CCCNC(C)(CO)CSc1nncn1C. The molecule has 1 rings (SSSR count). The molecule has 1 heterocycles. The van der Waals surface area contributed by atoms with Gasteiger partial charge in [-0.25, -0.2) is 0 Å². The molecule has 0 bridgehead atoms. The molecule has 1 unspecified atom stereocenters. The van der Waals surface area contributed by atoms with Crippen molar-refractivity contribution in [2.75, 3.05) is 18.9 Å². The first kappa shape index (κ1) is 13.5. The zero-order valence-corrected chi connectivity index (χ0v) is 10.9. The Labute approximate surface area is 101 Å². The van der Waals surface area contributed by atoms with Crippen molar-refractivity contribution in [3.63, 3.8) is 0 Å². The summed E-state index contributed by atoms with van der Waals surface area (Å²) in [6.45, 7) is 5.17. The van der Waals surface area contributed by atoms with E-state index in [4.69, 9.17) is 0 Å². The molecule has 0 saturated heterocycles. The van der Waals surface area contributed by atoms with Crippen molar-refractivity contribution in [2.45, 2.75) is 31.0 Å². The van der Waals surface area contributed by atoms with Crippen LogP contribution in [-0.2, 0) is 7.05 Å². The standard InChI is InChI=1S/C10H20N4OS/c1-4-5-11-10(2,6-15)7-16-9-13-12-8-14(9)3/h8,11,15H,4-7H2,1-3H3. The molecule has 92 valence electrons. The summed E-state index contributed by atoms with van der Waals surface area (Å²) in [5.74, 6) is 0.774. The number of hydrogen-bond donors (Lipinski definition) is 2. The maximum atomic E-state index is 9.39. The lowest BCUT2D eigenvalue weighted by molar-refractivity contribution is 0.192. The van der Waals surface area contributed by atoms with Gasteiger partial charge in [-0.05, 0) is 19.9 Å². The Morgan fingerprint density at radius 1 is 1.62 bits per heavy atom. The molecule has 0 saturated carbocycles. The van der Waals surface area contributed by atoms with Gasteiger partial charge in [-0.1, -0.05) is 18.7 Å². The Morgan fingerprint density at radius 2 is 2.38 bits per heavy atom. The van der Waals surface area contributed by atoms with Gasteiger partial charge in [0, 0.05) is 18.3 Å². The summed E-state index contributed by atoms with van der Waals surface area (Å²) in [5, 5.41) is 21.4. The summed E-state index contributed by atoms with van der Waals surface area (Å²) in [5.41, 5.74) is -0.257. The van der Waals surface area contributed by atoms with E-state index in [9.17, 15) is 5.11 Å². The average molecular weight is 244 g/mol. The predicted octanol–water partition coefficient (Wildman–Crippen LogP) is 0.658. The van der Waals surface area contributed by atoms with Crippen molar-refractivity contribution in [3.05, 3.63) is 6.33 Å². The number of nitrogens with zero attached hydrogens (tertiary/aromatic N) is 3. The molecule has 1 atom stereocenters. The van der Waals surface area contributed by atoms with Crippen molar-refractivity contribution in [3.8, 4) is 0 Å². The normalized spacial score (nSPS) is 15.0. The molecule has 0 aliphatic heterocycles. The second kappa shape index (κ2) is 6.22. The lowest BCUT2D eigenvalue weighted by Gasteiger charge is -2.28. The molecule has 0 aromatic carbocycles. The molecule has 0 spiro atoms. The Bertz CT molecular complexity index is 318. The molecule has 0 fully saturated rings. The number of aryl methyl sites for hydroxylation is 1. The summed E-state index contributed by atoms with van der Waals surface area (Å²) in [4.78, 5) is 0. The number of hydrogen-bond acceptors (Lipinski definition) is 5. The average Bonchev–Trinajstić information content (AvgIpc) is 2.70. The number of nitrogens with one attached hydrogen (secondary N) is 1. The number of aliphatic hydroxyl groups is 1. The number of rotatable bonds is 7. The van der Waals surface area contributed by atoms with E-state index in [-0.39, 0.29) is 12.1 Å². The molecular weight excluding hydrogens is 224 g/mol. The van der Waals surface area contributed by atoms with Crippen LogP contribution < -0.4 is 5.32 Å². The molecular formula is C10H20N4OS. The Kier molecular flexibility index (Phi) is 5.24. The van der Waals surface area contributed by atoms with Gasteiger partial charge in [0.2, 0.25) is 0 Å². The van der Waals surface area contributed by atoms with Crippen molar-refractivity contribution < 1.29 is 5.11 Å². The van der Waals surface area contributed by atoms with E-state index in [0.29, 0.717) is 0 Å². The first-order valence-electron chi connectivity index (χ1n) is 5.44. The van der Waals surface area contributed by atoms with E-state index in [1.54, 1.807) is 18.1 Å². The highest BCUT2D eigenvalue weighted by atomic mass is 32.2. The minimum absolute atomic E-state index is 0.123. The summed E-state index contributed by atoms with van der Waals surface area (Å²) < 4.78 is 1.88. The van der Waals surface area contributed by atoms with Crippen LogP contribution in [0, 0.1) is 0 Å². The van der Waals surface area contributed by atoms with Crippen LogP contribution in [0.5, 0.6) is 0 Å². The topological polar surface area (TPSA) is 63.0 Å². The fraction of sp³-hybridized carbons (Fsp3) is 0.800. The highest BCUT2D eigenvalue weighted by Crippen LogP contribution is 2.19. The van der Waals surface area contributed by atoms with Crippen molar-refractivity contribution in [1.82, 2.24) is 20.1 Å². The third-order valence-corrected chi connectivity index (χ3v) is 3.75. The monoisotopic (exact) mass is 244 g/mol. The molecule has 16 heavy (non-hydrogen) atoms. The van der Waals surface area contributed by atoms with Gasteiger partial charge in [-0.15, -0.1) is 10.2 Å². The van der Waals surface area contributed by atoms with Gasteiger partial charge in [-0.2, -0.15) is 0 Å². The molecule has 2 N–H and O–H groups in total. The number of thioether (sulfide) groups is 1. The lowest BCUT2D eigenvalue weighted by atomic mass is 10.1. The van der Waals surface area contributed by atoms with Gasteiger partial charge in [0.25, 0.3) is 0 Å². The van der Waals surface area contributed by atoms with E-state index < -0.39 is 0 Å². The zero-order chi connectivity index (χ0) is 12.0. The fourth-order valence-electron chi connectivity index (χ4n) is 1.21. The van der Waals surface area contributed by atoms with E-state index in [0.717, 1.165) is 23.9 Å². The van der Waals surface area contributed by atoms with Crippen LogP contribution in [0.15, 0.2) is 11.5 Å². The van der Waals surface area contributed by atoms with Crippen LogP contribution in [0.3, 0.4) is 0 Å². The highest BCUT2D eigenvalue weighted by Gasteiger charge is 2.23. The van der Waals surface area contributed by atoms with Gasteiger partial charge in [-0.3, -0.25) is 0 Å². The maximum absolute atomic E-state index is 9.39. The van der Waals surface area contributed by atoms with Crippen LogP contribution in [0.25, 0.3) is 0 Å². The first-order chi connectivity index (χ1) is 7.61. The maximum Gasteiger partial charge on any atom is 0.190 e. The predicted molar refractivity (Wildman–Crippen MR) is 65.5 cm³/mol. The van der Waals surface area contributed by atoms with Crippen molar-refractivity contribution >= 4 is 11.8 Å². The van der Waals surface area contributed by atoms with Gasteiger partial charge in [0.1, 0.15) is 6.33 Å². The van der Waals surface area contributed by atoms with Crippen LogP contribution in [0.2, 0.25) is 0 Å². The number of aliphatic hydroxyl groups excluding tert-OH is 1. The van der Waals surface area contributed by atoms with E-state index in [1.807, 2.05) is 18.5 Å². The Balaban J connectivity index is 2.47. The van der Waals surface area contributed by atoms with Crippen LogP contribution in [-0.4, -0.2) is 44.3 Å². The molecule has 0 amide bonds. The summed E-state index contributed by atoms with van der Waals surface area (Å²) in [7, 11) is 1.91. The minimum atomic E-state index is -0.257. The molecule has 6 heteroatoms. The van der Waals surface area contributed by atoms with Gasteiger partial charge in [0.05, 0.1) is 6.61 Å². The molecule has 1 aromatic rings.